The Bertz CT molecular complexity index is 330. The molecule has 13 heavy (non-hydrogen) atoms. The van der Waals surface area contributed by atoms with Crippen molar-refractivity contribution < 1.29 is 4.79 Å². The maximum Gasteiger partial charge on any atom is 0.221 e. The first-order chi connectivity index (χ1) is 6.13. The summed E-state index contributed by atoms with van der Waals surface area (Å²) in [4.78, 5) is 11.6. The summed E-state index contributed by atoms with van der Waals surface area (Å²) in [7, 11) is 6.61. The lowest BCUT2D eigenvalue weighted by Gasteiger charge is -2.04. The van der Waals surface area contributed by atoms with E-state index in [0.29, 0.717) is 10.7 Å². The molecule has 1 aromatic carbocycles. The van der Waals surface area contributed by atoms with Crippen molar-refractivity contribution in [1.82, 2.24) is 0 Å². The summed E-state index contributed by atoms with van der Waals surface area (Å²) < 4.78 is 0. The van der Waals surface area contributed by atoms with Gasteiger partial charge in [-0.25, -0.2) is 0 Å². The molecule has 0 unspecified atom stereocenters. The van der Waals surface area contributed by atoms with Crippen LogP contribution >= 0.6 is 33.3 Å². The molecule has 1 amide bonds. The van der Waals surface area contributed by atoms with Crippen molar-refractivity contribution in [2.45, 2.75) is 11.8 Å². The molecule has 0 aliphatic carbocycles. The number of nitrogens with one attached hydrogen (secondary N) is 1. The van der Waals surface area contributed by atoms with Gasteiger partial charge in [-0.15, -0.1) is 0 Å². The van der Waals surface area contributed by atoms with Crippen LogP contribution in [-0.2, 0) is 4.79 Å². The second-order valence-corrected chi connectivity index (χ2v) is 3.90. The van der Waals surface area contributed by atoms with Gasteiger partial charge < -0.3 is 5.32 Å². The van der Waals surface area contributed by atoms with Crippen molar-refractivity contribution >= 4 is 44.9 Å². The number of carbonyl (C=O) groups excluding carboxylic acids is 1. The van der Waals surface area contributed by atoms with Crippen molar-refractivity contribution in [1.29, 1.82) is 0 Å². The number of amides is 1. The third-order valence-corrected chi connectivity index (χ3v) is 2.62. The third-order valence-electron chi connectivity index (χ3n) is 1.34. The summed E-state index contributed by atoms with van der Waals surface area (Å²) in [6, 6.07) is 5.20. The molecule has 0 heterocycles. The average Bonchev–Trinajstić information content (AvgIpc) is 2.08. The number of hydrogen-bond donors (Lipinski definition) is 1. The van der Waals surface area contributed by atoms with Crippen molar-refractivity contribution in [3.63, 3.8) is 0 Å². The Labute approximate surface area is 90.1 Å². The molecule has 5 heteroatoms. The van der Waals surface area contributed by atoms with E-state index < -0.39 is 0 Å². The first kappa shape index (κ1) is 10.7. The van der Waals surface area contributed by atoms with Crippen LogP contribution < -0.4 is 5.32 Å². The molecule has 1 N–H and O–H groups in total. The highest BCUT2D eigenvalue weighted by Gasteiger charge is 2.02. The van der Waals surface area contributed by atoms with Crippen LogP contribution in [0.2, 0.25) is 5.02 Å². The van der Waals surface area contributed by atoms with Crippen LogP contribution in [0.15, 0.2) is 23.1 Å². The number of halogens is 2. The molecule has 70 valence electrons. The van der Waals surface area contributed by atoms with Crippen LogP contribution in [0.3, 0.4) is 0 Å². The fraction of sp³-hybridized carbons (Fsp3) is 0.125. The summed E-state index contributed by atoms with van der Waals surface area (Å²) in [5.74, 6) is -0.145. The van der Waals surface area contributed by atoms with Gasteiger partial charge in [-0.1, -0.05) is 11.6 Å². The monoisotopic (exact) mass is 235 g/mol. The number of benzene rings is 1. The van der Waals surface area contributed by atoms with E-state index in [9.17, 15) is 4.79 Å². The number of rotatable bonds is 2. The van der Waals surface area contributed by atoms with E-state index in [1.54, 1.807) is 18.2 Å². The molecular weight excluding hydrogens is 229 g/mol. The van der Waals surface area contributed by atoms with Gasteiger partial charge in [0.15, 0.2) is 0 Å². The fourth-order valence-electron chi connectivity index (χ4n) is 0.835. The summed E-state index contributed by atoms with van der Waals surface area (Å²) in [5.41, 5.74) is 0.601. The molecule has 0 fully saturated rings. The second-order valence-electron chi connectivity index (χ2n) is 2.40. The van der Waals surface area contributed by atoms with Gasteiger partial charge in [-0.05, 0) is 39.9 Å². The SMILES string of the molecule is CC(=O)Nc1ccc(SCl)cc1Cl. The van der Waals surface area contributed by atoms with Crippen LogP contribution in [0.4, 0.5) is 5.69 Å². The lowest BCUT2D eigenvalue weighted by Crippen LogP contribution is -2.05. The minimum Gasteiger partial charge on any atom is -0.325 e. The van der Waals surface area contributed by atoms with Gasteiger partial charge in [0, 0.05) is 11.8 Å². The highest BCUT2D eigenvalue weighted by atomic mass is 35.7. The molecule has 0 radical (unpaired) electrons. The van der Waals surface area contributed by atoms with E-state index >= 15 is 0 Å². The Morgan fingerprint density at radius 1 is 1.54 bits per heavy atom. The van der Waals surface area contributed by atoms with Crippen LogP contribution in [0, 0.1) is 0 Å². The van der Waals surface area contributed by atoms with Gasteiger partial charge in [0.25, 0.3) is 0 Å². The van der Waals surface area contributed by atoms with Gasteiger partial charge in [-0.2, -0.15) is 0 Å². The van der Waals surface area contributed by atoms with E-state index in [1.807, 2.05) is 0 Å². The summed E-state index contributed by atoms with van der Waals surface area (Å²) in [6.07, 6.45) is 0. The summed E-state index contributed by atoms with van der Waals surface area (Å²) in [5, 5.41) is 3.09. The molecule has 0 saturated carbocycles. The Morgan fingerprint density at radius 3 is 2.69 bits per heavy atom. The van der Waals surface area contributed by atoms with Crippen LogP contribution in [0.25, 0.3) is 0 Å². The van der Waals surface area contributed by atoms with E-state index in [0.717, 1.165) is 15.9 Å². The minimum absolute atomic E-state index is 0.145. The third kappa shape index (κ3) is 3.10. The Kier molecular flexibility index (Phi) is 3.90. The quantitative estimate of drug-likeness (QED) is 0.850. The van der Waals surface area contributed by atoms with E-state index in [-0.39, 0.29) is 5.91 Å². The smallest absolute Gasteiger partial charge is 0.221 e. The van der Waals surface area contributed by atoms with Crippen molar-refractivity contribution in [2.24, 2.45) is 0 Å². The summed E-state index contributed by atoms with van der Waals surface area (Å²) >= 11 is 5.87. The molecule has 0 aromatic heterocycles. The van der Waals surface area contributed by atoms with Gasteiger partial charge in [0.05, 0.1) is 10.7 Å². The molecule has 0 atom stereocenters. The van der Waals surface area contributed by atoms with Gasteiger partial charge in [0.2, 0.25) is 5.91 Å². The standard InChI is InChI=1S/C8H7Cl2NOS/c1-5(12)11-8-3-2-6(13-10)4-7(8)9/h2-4H,1H3,(H,11,12). The number of anilines is 1. The molecule has 0 bridgehead atoms. The molecule has 0 aliphatic heterocycles. The predicted octanol–water partition coefficient (Wildman–Crippen LogP) is 3.54. The Hall–Kier alpha value is -0.380. The highest BCUT2D eigenvalue weighted by Crippen LogP contribution is 2.29. The topological polar surface area (TPSA) is 29.1 Å². The lowest BCUT2D eigenvalue weighted by molar-refractivity contribution is -0.114. The van der Waals surface area contributed by atoms with Crippen LogP contribution in [-0.4, -0.2) is 5.91 Å². The van der Waals surface area contributed by atoms with Crippen molar-refractivity contribution in [3.8, 4) is 0 Å². The zero-order chi connectivity index (χ0) is 9.84. The minimum atomic E-state index is -0.145. The molecule has 2 nitrogen and oxygen atoms in total. The number of hydrogen-bond acceptors (Lipinski definition) is 2. The van der Waals surface area contributed by atoms with Crippen molar-refractivity contribution in [3.05, 3.63) is 23.2 Å². The molecule has 1 rings (SSSR count). The van der Waals surface area contributed by atoms with Crippen molar-refractivity contribution in [2.75, 3.05) is 5.32 Å². The van der Waals surface area contributed by atoms with E-state index in [4.69, 9.17) is 22.3 Å². The van der Waals surface area contributed by atoms with Gasteiger partial charge >= 0.3 is 0 Å². The fourth-order valence-corrected chi connectivity index (χ4v) is 1.70. The largest absolute Gasteiger partial charge is 0.325 e. The highest BCUT2D eigenvalue weighted by molar-refractivity contribution is 8.21. The zero-order valence-electron chi connectivity index (χ0n) is 6.80. The lowest BCUT2D eigenvalue weighted by atomic mass is 10.3. The van der Waals surface area contributed by atoms with Gasteiger partial charge in [-0.3, -0.25) is 4.79 Å². The molecule has 1 aromatic rings. The van der Waals surface area contributed by atoms with Gasteiger partial charge in [0.1, 0.15) is 0 Å². The normalized spacial score (nSPS) is 9.77. The van der Waals surface area contributed by atoms with Crippen LogP contribution in [0.5, 0.6) is 0 Å². The predicted molar refractivity (Wildman–Crippen MR) is 57.5 cm³/mol. The first-order valence-electron chi connectivity index (χ1n) is 3.49. The van der Waals surface area contributed by atoms with E-state index in [2.05, 4.69) is 5.32 Å². The Morgan fingerprint density at radius 2 is 2.23 bits per heavy atom. The van der Waals surface area contributed by atoms with E-state index in [1.165, 1.54) is 6.92 Å². The molecule has 0 saturated heterocycles. The maximum atomic E-state index is 10.7. The molecule has 0 aliphatic rings. The average molecular weight is 236 g/mol. The van der Waals surface area contributed by atoms with Crippen LogP contribution in [0.1, 0.15) is 6.92 Å². The Balaban J connectivity index is 2.91. The molecular formula is C8H7Cl2NOS. The molecule has 0 spiro atoms. The zero-order valence-corrected chi connectivity index (χ0v) is 9.13. The maximum absolute atomic E-state index is 10.7. The second kappa shape index (κ2) is 4.74. The summed E-state index contributed by atoms with van der Waals surface area (Å²) in [6.45, 7) is 1.43. The first-order valence-corrected chi connectivity index (χ1v) is 5.51. The number of carbonyl (C=O) groups is 1.